The first-order valence-corrected chi connectivity index (χ1v) is 5.58. The Balaban J connectivity index is 2.86. The highest BCUT2D eigenvalue weighted by molar-refractivity contribution is 7.80. The molecule has 0 aromatic rings. The molecule has 0 aromatic heterocycles. The van der Waals surface area contributed by atoms with Crippen LogP contribution in [0.1, 0.15) is 12.8 Å². The van der Waals surface area contributed by atoms with E-state index in [9.17, 15) is 14.4 Å². The van der Waals surface area contributed by atoms with Gasteiger partial charge in [0.05, 0.1) is 0 Å². The smallest absolute Gasteiger partial charge is 0.303 e. The highest BCUT2D eigenvalue weighted by Crippen LogP contribution is 2.11. The third kappa shape index (κ3) is 3.24. The fraction of sp³-hybridized carbons (Fsp3) is 0.273. The van der Waals surface area contributed by atoms with Crippen LogP contribution in [0.25, 0.3) is 0 Å². The Morgan fingerprint density at radius 2 is 2.17 bits per heavy atom. The molecule has 7 heteroatoms. The minimum absolute atomic E-state index is 0.0280. The van der Waals surface area contributed by atoms with E-state index < -0.39 is 17.8 Å². The van der Waals surface area contributed by atoms with Crippen molar-refractivity contribution >= 4 is 35.1 Å². The Bertz CT molecular complexity index is 456. The van der Waals surface area contributed by atoms with Crippen molar-refractivity contribution in [1.29, 1.82) is 0 Å². The van der Waals surface area contributed by atoms with Gasteiger partial charge in [-0.15, -0.1) is 6.58 Å². The van der Waals surface area contributed by atoms with Crippen molar-refractivity contribution in [3.05, 3.63) is 24.3 Å². The average Bonchev–Trinajstić information content (AvgIpc) is 2.28. The van der Waals surface area contributed by atoms with Crippen LogP contribution in [0.4, 0.5) is 0 Å². The summed E-state index contributed by atoms with van der Waals surface area (Å²) in [6, 6.07) is 0. The number of thiocarbonyl (C=S) groups is 1. The summed E-state index contributed by atoms with van der Waals surface area (Å²) in [6.07, 6.45) is 2.76. The molecule has 1 saturated heterocycles. The van der Waals surface area contributed by atoms with Gasteiger partial charge >= 0.3 is 5.97 Å². The van der Waals surface area contributed by atoms with E-state index in [2.05, 4.69) is 11.9 Å². The Kier molecular flexibility index (Phi) is 4.73. The van der Waals surface area contributed by atoms with Crippen molar-refractivity contribution < 1.29 is 19.5 Å². The number of nitrogens with zero attached hydrogens (tertiary/aromatic N) is 1. The van der Waals surface area contributed by atoms with Crippen molar-refractivity contribution in [1.82, 2.24) is 10.2 Å². The molecule has 1 fully saturated rings. The number of carboxylic acid groups (broad SMARTS) is 1. The van der Waals surface area contributed by atoms with Crippen LogP contribution in [0.3, 0.4) is 0 Å². The number of carbonyl (C=O) groups excluding carboxylic acids is 2. The second-order valence-corrected chi connectivity index (χ2v) is 3.90. The second kappa shape index (κ2) is 6.06. The standard InChI is InChI=1S/C11H12N2O4S/c1-2-6-13-10(17)7(4-3-5-8(14)15)9(16)12-11(13)18/h2,4H,1,3,5-6H2,(H,14,15)(H,12,16,18)/b7-4+. The maximum absolute atomic E-state index is 11.9. The molecule has 1 rings (SSSR count). The molecular weight excluding hydrogens is 256 g/mol. The monoisotopic (exact) mass is 268 g/mol. The van der Waals surface area contributed by atoms with Gasteiger partial charge in [0.15, 0.2) is 5.11 Å². The number of carboxylic acids is 1. The number of carbonyl (C=O) groups is 3. The van der Waals surface area contributed by atoms with E-state index in [0.29, 0.717) is 0 Å². The molecule has 0 radical (unpaired) electrons. The molecule has 6 nitrogen and oxygen atoms in total. The van der Waals surface area contributed by atoms with Crippen LogP contribution in [-0.2, 0) is 14.4 Å². The first-order valence-electron chi connectivity index (χ1n) is 5.17. The SMILES string of the molecule is C=CCN1C(=O)/C(=C/CCC(=O)O)C(=O)NC1=S. The zero-order valence-corrected chi connectivity index (χ0v) is 10.3. The summed E-state index contributed by atoms with van der Waals surface area (Å²) in [4.78, 5) is 35.0. The lowest BCUT2D eigenvalue weighted by atomic mass is 10.1. The number of hydrogen-bond donors (Lipinski definition) is 2. The first kappa shape index (κ1) is 14.0. The number of nitrogens with one attached hydrogen (secondary N) is 1. The molecule has 0 bridgehead atoms. The predicted molar refractivity (Wildman–Crippen MR) is 67.6 cm³/mol. The van der Waals surface area contributed by atoms with Gasteiger partial charge < -0.3 is 5.11 Å². The van der Waals surface area contributed by atoms with E-state index in [1.54, 1.807) is 0 Å². The number of hydrogen-bond acceptors (Lipinski definition) is 4. The van der Waals surface area contributed by atoms with Gasteiger partial charge in [-0.2, -0.15) is 0 Å². The summed E-state index contributed by atoms with van der Waals surface area (Å²) in [7, 11) is 0. The van der Waals surface area contributed by atoms with Gasteiger partial charge in [0.2, 0.25) is 0 Å². The normalized spacial score (nSPS) is 17.9. The molecule has 18 heavy (non-hydrogen) atoms. The number of allylic oxidation sites excluding steroid dienone is 1. The van der Waals surface area contributed by atoms with Gasteiger partial charge in [-0.25, -0.2) is 0 Å². The molecule has 0 aromatic carbocycles. The minimum Gasteiger partial charge on any atom is -0.481 e. The number of rotatable bonds is 5. The zero-order valence-electron chi connectivity index (χ0n) is 9.51. The fourth-order valence-corrected chi connectivity index (χ4v) is 1.63. The molecule has 0 spiro atoms. The lowest BCUT2D eigenvalue weighted by Gasteiger charge is -2.27. The number of aliphatic carboxylic acids is 1. The van der Waals surface area contributed by atoms with E-state index in [-0.39, 0.29) is 30.1 Å². The Morgan fingerprint density at radius 3 is 2.72 bits per heavy atom. The minimum atomic E-state index is -0.992. The van der Waals surface area contributed by atoms with Crippen LogP contribution in [-0.4, -0.2) is 39.4 Å². The van der Waals surface area contributed by atoms with Crippen LogP contribution in [0.15, 0.2) is 24.3 Å². The third-order valence-electron chi connectivity index (χ3n) is 2.20. The molecule has 0 aliphatic carbocycles. The van der Waals surface area contributed by atoms with Crippen molar-refractivity contribution in [2.75, 3.05) is 6.54 Å². The third-order valence-corrected chi connectivity index (χ3v) is 2.53. The van der Waals surface area contributed by atoms with Crippen LogP contribution in [0.5, 0.6) is 0 Å². The summed E-state index contributed by atoms with van der Waals surface area (Å²) in [5.74, 6) is -2.13. The lowest BCUT2D eigenvalue weighted by molar-refractivity contribution is -0.137. The fourth-order valence-electron chi connectivity index (χ4n) is 1.38. The molecule has 1 heterocycles. The van der Waals surface area contributed by atoms with E-state index in [4.69, 9.17) is 17.3 Å². The van der Waals surface area contributed by atoms with E-state index in [1.165, 1.54) is 17.1 Å². The molecule has 0 unspecified atom stereocenters. The van der Waals surface area contributed by atoms with Gasteiger partial charge in [-0.05, 0) is 18.6 Å². The van der Waals surface area contributed by atoms with E-state index in [0.717, 1.165) is 0 Å². The largest absolute Gasteiger partial charge is 0.481 e. The molecule has 1 aliphatic rings. The second-order valence-electron chi connectivity index (χ2n) is 3.51. The van der Waals surface area contributed by atoms with Gasteiger partial charge in [-0.3, -0.25) is 24.6 Å². The molecular formula is C11H12N2O4S. The van der Waals surface area contributed by atoms with Crippen molar-refractivity contribution in [3.8, 4) is 0 Å². The molecule has 0 saturated carbocycles. The summed E-state index contributed by atoms with van der Waals surface area (Å²) in [5, 5.41) is 10.9. The maximum atomic E-state index is 11.9. The summed E-state index contributed by atoms with van der Waals surface area (Å²) >= 11 is 4.86. The van der Waals surface area contributed by atoms with E-state index >= 15 is 0 Å². The Labute approximate surface area is 109 Å². The first-order chi connectivity index (χ1) is 8.47. The maximum Gasteiger partial charge on any atom is 0.303 e. The van der Waals surface area contributed by atoms with Gasteiger partial charge in [-0.1, -0.05) is 12.2 Å². The average molecular weight is 268 g/mol. The molecule has 2 N–H and O–H groups in total. The highest BCUT2D eigenvalue weighted by Gasteiger charge is 2.32. The summed E-state index contributed by atoms with van der Waals surface area (Å²) in [5.41, 5.74) is -0.0910. The van der Waals surface area contributed by atoms with Gasteiger partial charge in [0.1, 0.15) is 5.57 Å². The molecule has 2 amide bonds. The quantitative estimate of drug-likeness (QED) is 0.322. The molecule has 96 valence electrons. The topological polar surface area (TPSA) is 86.7 Å². The van der Waals surface area contributed by atoms with Crippen LogP contribution in [0, 0.1) is 0 Å². The van der Waals surface area contributed by atoms with Crippen molar-refractivity contribution in [2.45, 2.75) is 12.8 Å². The van der Waals surface area contributed by atoms with Gasteiger partial charge in [0, 0.05) is 13.0 Å². The van der Waals surface area contributed by atoms with Crippen LogP contribution in [0.2, 0.25) is 0 Å². The van der Waals surface area contributed by atoms with Crippen molar-refractivity contribution in [3.63, 3.8) is 0 Å². The Morgan fingerprint density at radius 1 is 1.50 bits per heavy atom. The van der Waals surface area contributed by atoms with Crippen molar-refractivity contribution in [2.24, 2.45) is 0 Å². The van der Waals surface area contributed by atoms with Crippen LogP contribution >= 0.6 is 12.2 Å². The lowest BCUT2D eigenvalue weighted by Crippen LogP contribution is -2.53. The van der Waals surface area contributed by atoms with E-state index in [1.807, 2.05) is 0 Å². The summed E-state index contributed by atoms with van der Waals surface area (Å²) in [6.45, 7) is 3.68. The summed E-state index contributed by atoms with van der Waals surface area (Å²) < 4.78 is 0. The predicted octanol–water partition coefficient (Wildman–Crippen LogP) is 0.207. The molecule has 1 aliphatic heterocycles. The number of amides is 2. The Hall–Kier alpha value is -2.02. The van der Waals surface area contributed by atoms with Crippen LogP contribution < -0.4 is 5.32 Å². The van der Waals surface area contributed by atoms with Gasteiger partial charge in [0.25, 0.3) is 11.8 Å². The highest BCUT2D eigenvalue weighted by atomic mass is 32.1. The molecule has 0 atom stereocenters. The zero-order chi connectivity index (χ0) is 13.7.